The van der Waals surface area contributed by atoms with Gasteiger partial charge >= 0.3 is 0 Å². The molecule has 6 heteroatoms. The van der Waals surface area contributed by atoms with Crippen molar-refractivity contribution in [1.82, 2.24) is 4.98 Å². The molecule has 0 spiro atoms. The minimum atomic E-state index is -3.59. The van der Waals surface area contributed by atoms with Crippen molar-refractivity contribution in [3.63, 3.8) is 0 Å². The van der Waals surface area contributed by atoms with E-state index in [1.54, 1.807) is 42.5 Å². The van der Waals surface area contributed by atoms with E-state index in [-0.39, 0.29) is 4.90 Å². The number of aromatic nitrogens is 1. The Kier molecular flexibility index (Phi) is 4.59. The van der Waals surface area contributed by atoms with Gasteiger partial charge in [0.15, 0.2) is 0 Å². The number of benzene rings is 1. The maximum Gasteiger partial charge on any atom is 0.261 e. The molecule has 0 atom stereocenters. The molecule has 0 amide bonds. The molecule has 1 aromatic heterocycles. The molecule has 0 radical (unpaired) electrons. The number of hydrogen-bond acceptors (Lipinski definition) is 4. The van der Waals surface area contributed by atoms with Gasteiger partial charge in [0.2, 0.25) is 0 Å². The van der Waals surface area contributed by atoms with Crippen LogP contribution in [0.4, 0.5) is 11.5 Å². The predicted molar refractivity (Wildman–Crippen MR) is 84.9 cm³/mol. The van der Waals surface area contributed by atoms with Crippen LogP contribution in [0.5, 0.6) is 0 Å². The molecule has 1 aromatic carbocycles. The molecule has 1 heterocycles. The molecular weight excluding hydrogens is 286 g/mol. The maximum absolute atomic E-state index is 12.2. The number of pyridine rings is 1. The Bertz CT molecular complexity index is 708. The van der Waals surface area contributed by atoms with E-state index in [1.807, 2.05) is 6.92 Å². The van der Waals surface area contributed by atoms with Gasteiger partial charge in [-0.1, -0.05) is 23.8 Å². The topological polar surface area (TPSA) is 71.1 Å². The number of rotatable bonds is 6. The molecule has 21 heavy (non-hydrogen) atoms. The normalized spacial score (nSPS) is 10.9. The summed E-state index contributed by atoms with van der Waals surface area (Å²) in [6, 6.07) is 10.0. The number of hydrogen-bond donors (Lipinski definition) is 2. The number of sulfonamides is 1. The van der Waals surface area contributed by atoms with E-state index in [0.29, 0.717) is 18.1 Å². The lowest BCUT2D eigenvalue weighted by Gasteiger charge is -2.09. The third kappa shape index (κ3) is 4.06. The fourth-order valence-electron chi connectivity index (χ4n) is 1.67. The number of aryl methyl sites for hydroxylation is 1. The van der Waals surface area contributed by atoms with E-state index in [2.05, 4.69) is 21.6 Å². The summed E-state index contributed by atoms with van der Waals surface area (Å²) in [6.07, 6.45) is 3.19. The molecular formula is C15H17N3O2S. The predicted octanol–water partition coefficient (Wildman–Crippen LogP) is 2.79. The molecule has 0 aliphatic carbocycles. The fourth-order valence-corrected chi connectivity index (χ4v) is 2.71. The zero-order chi connectivity index (χ0) is 15.3. The average molecular weight is 303 g/mol. The van der Waals surface area contributed by atoms with E-state index in [4.69, 9.17) is 0 Å². The van der Waals surface area contributed by atoms with Crippen molar-refractivity contribution in [2.24, 2.45) is 0 Å². The second-order valence-corrected chi connectivity index (χ2v) is 6.20. The van der Waals surface area contributed by atoms with Gasteiger partial charge in [-0.15, -0.1) is 6.58 Å². The van der Waals surface area contributed by atoms with Gasteiger partial charge in [0.05, 0.1) is 16.8 Å². The van der Waals surface area contributed by atoms with Crippen LogP contribution in [0, 0.1) is 6.92 Å². The van der Waals surface area contributed by atoms with Gasteiger partial charge in [-0.25, -0.2) is 13.4 Å². The van der Waals surface area contributed by atoms with Crippen LogP contribution in [0.15, 0.2) is 60.1 Å². The highest BCUT2D eigenvalue weighted by molar-refractivity contribution is 7.92. The van der Waals surface area contributed by atoms with Gasteiger partial charge < -0.3 is 5.32 Å². The first-order chi connectivity index (χ1) is 10.0. The average Bonchev–Trinajstić information content (AvgIpc) is 2.47. The minimum Gasteiger partial charge on any atom is -0.367 e. The van der Waals surface area contributed by atoms with Gasteiger partial charge in [0.1, 0.15) is 5.82 Å². The van der Waals surface area contributed by atoms with Crippen molar-refractivity contribution in [3.8, 4) is 0 Å². The Morgan fingerprint density at radius 2 is 1.90 bits per heavy atom. The van der Waals surface area contributed by atoms with Crippen LogP contribution in [0.1, 0.15) is 5.56 Å². The highest BCUT2D eigenvalue weighted by Gasteiger charge is 2.13. The van der Waals surface area contributed by atoms with Gasteiger partial charge in [-0.05, 0) is 31.2 Å². The quantitative estimate of drug-likeness (QED) is 0.805. The van der Waals surface area contributed by atoms with Crippen LogP contribution in [-0.4, -0.2) is 19.9 Å². The van der Waals surface area contributed by atoms with E-state index in [1.165, 1.54) is 6.20 Å². The largest absolute Gasteiger partial charge is 0.367 e. The fraction of sp³-hybridized carbons (Fsp3) is 0.133. The molecule has 0 bridgehead atoms. The summed E-state index contributed by atoms with van der Waals surface area (Å²) in [7, 11) is -3.59. The van der Waals surface area contributed by atoms with Crippen LogP contribution in [0.25, 0.3) is 0 Å². The maximum atomic E-state index is 12.2. The Balaban J connectivity index is 2.13. The van der Waals surface area contributed by atoms with Gasteiger partial charge in [-0.2, -0.15) is 0 Å². The summed E-state index contributed by atoms with van der Waals surface area (Å²) in [4.78, 5) is 4.35. The van der Waals surface area contributed by atoms with Crippen LogP contribution < -0.4 is 10.0 Å². The van der Waals surface area contributed by atoms with Gasteiger partial charge in [0, 0.05) is 6.54 Å². The molecule has 0 aliphatic heterocycles. The van der Waals surface area contributed by atoms with Crippen molar-refractivity contribution >= 4 is 21.5 Å². The lowest BCUT2D eigenvalue weighted by Crippen LogP contribution is -2.13. The first-order valence-corrected chi connectivity index (χ1v) is 7.90. The zero-order valence-electron chi connectivity index (χ0n) is 11.7. The van der Waals surface area contributed by atoms with Crippen LogP contribution >= 0.6 is 0 Å². The second kappa shape index (κ2) is 6.41. The summed E-state index contributed by atoms with van der Waals surface area (Å²) in [5.74, 6) is 0.660. The van der Waals surface area contributed by atoms with E-state index in [9.17, 15) is 8.42 Å². The lowest BCUT2D eigenvalue weighted by atomic mass is 10.2. The summed E-state index contributed by atoms with van der Waals surface area (Å²) < 4.78 is 26.9. The molecule has 0 aliphatic rings. The molecule has 110 valence electrons. The van der Waals surface area contributed by atoms with Gasteiger partial charge in [0.25, 0.3) is 10.0 Å². The van der Waals surface area contributed by atoms with Crippen molar-refractivity contribution < 1.29 is 8.42 Å². The SMILES string of the molecule is C=CCNc1ccc(NS(=O)(=O)c2ccc(C)cc2)cn1. The van der Waals surface area contributed by atoms with E-state index in [0.717, 1.165) is 5.56 Å². The van der Waals surface area contributed by atoms with E-state index < -0.39 is 10.0 Å². The van der Waals surface area contributed by atoms with Crippen LogP contribution in [0.3, 0.4) is 0 Å². The number of nitrogens with zero attached hydrogens (tertiary/aromatic N) is 1. The highest BCUT2D eigenvalue weighted by Crippen LogP contribution is 2.17. The number of nitrogens with one attached hydrogen (secondary N) is 2. The Hall–Kier alpha value is -2.34. The molecule has 0 saturated carbocycles. The summed E-state index contributed by atoms with van der Waals surface area (Å²) in [6.45, 7) is 6.10. The monoisotopic (exact) mass is 303 g/mol. The van der Waals surface area contributed by atoms with Crippen molar-refractivity contribution in [3.05, 3.63) is 60.8 Å². The lowest BCUT2D eigenvalue weighted by molar-refractivity contribution is 0.601. The molecule has 2 rings (SSSR count). The van der Waals surface area contributed by atoms with Crippen LogP contribution in [0.2, 0.25) is 0 Å². The Morgan fingerprint density at radius 3 is 2.48 bits per heavy atom. The highest BCUT2D eigenvalue weighted by atomic mass is 32.2. The third-order valence-corrected chi connectivity index (χ3v) is 4.17. The molecule has 5 nitrogen and oxygen atoms in total. The second-order valence-electron chi connectivity index (χ2n) is 4.52. The summed E-state index contributed by atoms with van der Waals surface area (Å²) in [5, 5.41) is 3.02. The van der Waals surface area contributed by atoms with Crippen LogP contribution in [-0.2, 0) is 10.0 Å². The molecule has 0 fully saturated rings. The molecule has 0 unspecified atom stereocenters. The van der Waals surface area contributed by atoms with E-state index >= 15 is 0 Å². The zero-order valence-corrected chi connectivity index (χ0v) is 12.5. The Labute approximate surface area is 124 Å². The first-order valence-electron chi connectivity index (χ1n) is 6.41. The van der Waals surface area contributed by atoms with Crippen molar-refractivity contribution in [1.29, 1.82) is 0 Å². The molecule has 2 aromatic rings. The van der Waals surface area contributed by atoms with Crippen molar-refractivity contribution in [2.75, 3.05) is 16.6 Å². The minimum absolute atomic E-state index is 0.224. The summed E-state index contributed by atoms with van der Waals surface area (Å²) in [5.41, 5.74) is 1.42. The molecule has 2 N–H and O–H groups in total. The third-order valence-electron chi connectivity index (χ3n) is 2.77. The number of anilines is 2. The standard InChI is InChI=1S/C15H17N3O2S/c1-3-10-16-15-9-6-13(11-17-15)18-21(19,20)14-7-4-12(2)5-8-14/h3-9,11,18H,1,10H2,2H3,(H,16,17). The Morgan fingerprint density at radius 1 is 1.19 bits per heavy atom. The van der Waals surface area contributed by atoms with Crippen molar-refractivity contribution in [2.45, 2.75) is 11.8 Å². The smallest absolute Gasteiger partial charge is 0.261 e. The first kappa shape index (κ1) is 15.1. The van der Waals surface area contributed by atoms with Gasteiger partial charge in [-0.3, -0.25) is 4.72 Å². The summed E-state index contributed by atoms with van der Waals surface area (Å²) >= 11 is 0. The molecule has 0 saturated heterocycles.